The lowest BCUT2D eigenvalue weighted by Gasteiger charge is -2.43. The molecule has 0 spiro atoms. The Hall–Kier alpha value is -2.44. The van der Waals surface area contributed by atoms with Gasteiger partial charge >= 0.3 is 17.9 Å². The molecule has 0 amide bonds. The van der Waals surface area contributed by atoms with Gasteiger partial charge in [-0.05, 0) is 12.5 Å². The first-order valence-corrected chi connectivity index (χ1v) is 9.71. The molecule has 2 unspecified atom stereocenters. The van der Waals surface area contributed by atoms with Crippen LogP contribution in [0.25, 0.3) is 10.4 Å². The zero-order valence-corrected chi connectivity index (χ0v) is 18.1. The van der Waals surface area contributed by atoms with Gasteiger partial charge in [-0.15, -0.1) is 0 Å². The minimum Gasteiger partial charge on any atom is -0.456 e. The molecule has 176 valence electrons. The largest absolute Gasteiger partial charge is 0.456 e. The Morgan fingerprint density at radius 3 is 1.94 bits per heavy atom. The second-order valence-corrected chi connectivity index (χ2v) is 6.48. The molecule has 0 bridgehead atoms. The van der Waals surface area contributed by atoms with Crippen LogP contribution in [-0.4, -0.2) is 88.2 Å². The molecular weight excluding hydrogens is 418 g/mol. The minimum atomic E-state index is -1.15. The summed E-state index contributed by atoms with van der Waals surface area (Å²) in [5, 5.41) is 3.34. The van der Waals surface area contributed by atoms with Gasteiger partial charge in [-0.3, -0.25) is 14.4 Å². The van der Waals surface area contributed by atoms with E-state index in [1.165, 1.54) is 20.8 Å². The summed E-state index contributed by atoms with van der Waals surface area (Å²) >= 11 is 0. The first-order chi connectivity index (χ1) is 14.8. The molecule has 0 aromatic rings. The molecule has 0 aliphatic carbocycles. The predicted molar refractivity (Wildman–Crippen MR) is 103 cm³/mol. The lowest BCUT2D eigenvalue weighted by Crippen LogP contribution is -2.61. The average molecular weight is 447 g/mol. The van der Waals surface area contributed by atoms with Gasteiger partial charge in [0.2, 0.25) is 0 Å². The van der Waals surface area contributed by atoms with Gasteiger partial charge in [0.25, 0.3) is 0 Å². The molecule has 5 atom stereocenters. The summed E-state index contributed by atoms with van der Waals surface area (Å²) in [6, 6.07) is 0. The number of carbonyl (C=O) groups is 3. The van der Waals surface area contributed by atoms with Crippen LogP contribution in [0.5, 0.6) is 0 Å². The van der Waals surface area contributed by atoms with Crippen LogP contribution in [-0.2, 0) is 47.5 Å². The summed E-state index contributed by atoms with van der Waals surface area (Å²) in [4.78, 5) is 37.3. The highest BCUT2D eigenvalue weighted by atomic mass is 16.7. The fourth-order valence-electron chi connectivity index (χ4n) is 2.80. The van der Waals surface area contributed by atoms with Crippen molar-refractivity contribution in [1.82, 2.24) is 0 Å². The molecule has 1 heterocycles. The Morgan fingerprint density at radius 2 is 1.35 bits per heavy atom. The van der Waals surface area contributed by atoms with Crippen LogP contribution in [0.1, 0.15) is 27.7 Å². The summed E-state index contributed by atoms with van der Waals surface area (Å²) in [7, 11) is 0. The Kier molecular flexibility index (Phi) is 12.5. The highest BCUT2D eigenvalue weighted by Crippen LogP contribution is 2.29. The number of carbonyl (C=O) groups excluding carboxylic acids is 3. The molecule has 1 rings (SSSR count). The summed E-state index contributed by atoms with van der Waals surface area (Å²) in [5.74, 6) is -1.89. The summed E-state index contributed by atoms with van der Waals surface area (Å²) < 4.78 is 37.7. The van der Waals surface area contributed by atoms with Crippen molar-refractivity contribution >= 4 is 17.9 Å². The fraction of sp³-hybridized carbons (Fsp3) is 0.833. The molecule has 1 aliphatic heterocycles. The van der Waals surface area contributed by atoms with E-state index in [-0.39, 0.29) is 19.8 Å². The van der Waals surface area contributed by atoms with Gasteiger partial charge in [-0.25, -0.2) is 0 Å². The normalized spacial score (nSPS) is 25.2. The van der Waals surface area contributed by atoms with Gasteiger partial charge in [-0.1, -0.05) is 5.11 Å². The lowest BCUT2D eigenvalue weighted by molar-refractivity contribution is -0.302. The second-order valence-electron chi connectivity index (χ2n) is 6.48. The first kappa shape index (κ1) is 26.6. The average Bonchev–Trinajstić information content (AvgIpc) is 2.68. The van der Waals surface area contributed by atoms with E-state index in [1.807, 2.05) is 0 Å². The summed E-state index contributed by atoms with van der Waals surface area (Å²) in [6.45, 7) is 6.61. The monoisotopic (exact) mass is 447 g/mol. The number of nitrogens with zero attached hydrogens (tertiary/aromatic N) is 3. The van der Waals surface area contributed by atoms with Gasteiger partial charge < -0.3 is 33.2 Å². The van der Waals surface area contributed by atoms with Gasteiger partial charge in [0.15, 0.2) is 24.6 Å². The van der Waals surface area contributed by atoms with Gasteiger partial charge in [0.1, 0.15) is 0 Å². The number of hydrogen-bond donors (Lipinski definition) is 0. The predicted octanol–water partition coefficient (Wildman–Crippen LogP) is 0.886. The van der Waals surface area contributed by atoms with Crippen LogP contribution < -0.4 is 0 Å². The molecule has 0 saturated carbocycles. The quantitative estimate of drug-likeness (QED) is 0.0988. The minimum absolute atomic E-state index is 0.0822. The molecule has 0 aromatic carbocycles. The van der Waals surface area contributed by atoms with Crippen molar-refractivity contribution in [2.45, 2.75) is 58.4 Å². The van der Waals surface area contributed by atoms with Crippen molar-refractivity contribution in [3.8, 4) is 0 Å². The number of azide groups is 1. The molecule has 13 nitrogen and oxygen atoms in total. The molecule has 0 radical (unpaired) electrons. The zero-order valence-electron chi connectivity index (χ0n) is 18.1. The standard InChI is InChI=1S/C18H29N3O10/c1-11-15(29-12(2)22)16(30-13(3)23)17(31-14(4)24)18(28-11)27-10-9-26-8-7-25-6-5-20-21-19/h11,15-18H,5-10H2,1-4H3/t11-,15-,16?,17+,18?/m0/s1. The number of rotatable bonds is 13. The van der Waals surface area contributed by atoms with Crippen LogP contribution >= 0.6 is 0 Å². The van der Waals surface area contributed by atoms with Crippen LogP contribution in [0.3, 0.4) is 0 Å². The van der Waals surface area contributed by atoms with Crippen LogP contribution in [0, 0.1) is 0 Å². The topological polar surface area (TPSA) is 165 Å². The van der Waals surface area contributed by atoms with E-state index in [0.29, 0.717) is 19.8 Å². The lowest BCUT2D eigenvalue weighted by atomic mass is 9.99. The van der Waals surface area contributed by atoms with E-state index in [0.717, 1.165) is 0 Å². The molecule has 1 fully saturated rings. The van der Waals surface area contributed by atoms with E-state index in [9.17, 15) is 14.4 Å². The number of ether oxygens (including phenoxy) is 7. The highest BCUT2D eigenvalue weighted by Gasteiger charge is 2.50. The molecule has 1 aliphatic rings. The van der Waals surface area contributed by atoms with Crippen molar-refractivity contribution < 1.29 is 47.5 Å². The van der Waals surface area contributed by atoms with E-state index in [2.05, 4.69) is 10.0 Å². The van der Waals surface area contributed by atoms with Gasteiger partial charge in [0.05, 0.1) is 39.1 Å². The van der Waals surface area contributed by atoms with Crippen LogP contribution in [0.15, 0.2) is 5.11 Å². The maximum atomic E-state index is 11.6. The number of hydrogen-bond acceptors (Lipinski definition) is 11. The molecule has 13 heteroatoms. The van der Waals surface area contributed by atoms with Gasteiger partial charge in [-0.2, -0.15) is 0 Å². The SMILES string of the molecule is CC(=O)OC1[C@@H](OC(C)=O)C(OCCOCCOCCN=[N+]=[N-])O[C@@H](C)[C@@H]1OC(C)=O. The van der Waals surface area contributed by atoms with Crippen molar-refractivity contribution in [2.24, 2.45) is 5.11 Å². The van der Waals surface area contributed by atoms with Crippen LogP contribution in [0.4, 0.5) is 0 Å². The molecule has 0 aromatic heterocycles. The third-order valence-electron chi connectivity index (χ3n) is 3.91. The second kappa shape index (κ2) is 14.5. The summed E-state index contributed by atoms with van der Waals surface area (Å²) in [6.07, 6.45) is -5.01. The molecule has 0 N–H and O–H groups in total. The number of esters is 3. The van der Waals surface area contributed by atoms with E-state index in [1.54, 1.807) is 6.92 Å². The van der Waals surface area contributed by atoms with E-state index >= 15 is 0 Å². The molecule has 1 saturated heterocycles. The smallest absolute Gasteiger partial charge is 0.303 e. The Labute approximate surface area is 179 Å². The van der Waals surface area contributed by atoms with Gasteiger partial charge in [0, 0.05) is 32.2 Å². The fourth-order valence-corrected chi connectivity index (χ4v) is 2.80. The van der Waals surface area contributed by atoms with E-state index in [4.69, 9.17) is 38.7 Å². The maximum Gasteiger partial charge on any atom is 0.303 e. The van der Waals surface area contributed by atoms with Crippen molar-refractivity contribution in [3.63, 3.8) is 0 Å². The summed E-state index contributed by atoms with van der Waals surface area (Å²) in [5.41, 5.74) is 8.15. The zero-order chi connectivity index (χ0) is 23.2. The Morgan fingerprint density at radius 1 is 0.839 bits per heavy atom. The third kappa shape index (κ3) is 10.4. The third-order valence-corrected chi connectivity index (χ3v) is 3.91. The van der Waals surface area contributed by atoms with E-state index < -0.39 is 48.6 Å². The highest BCUT2D eigenvalue weighted by molar-refractivity contribution is 5.68. The van der Waals surface area contributed by atoms with Crippen molar-refractivity contribution in [2.75, 3.05) is 39.6 Å². The van der Waals surface area contributed by atoms with Crippen molar-refractivity contribution in [1.29, 1.82) is 0 Å². The first-order valence-electron chi connectivity index (χ1n) is 9.71. The Bertz CT molecular complexity index is 640. The molecular formula is C18H29N3O10. The molecule has 31 heavy (non-hydrogen) atoms. The Balaban J connectivity index is 2.62. The van der Waals surface area contributed by atoms with Crippen LogP contribution in [0.2, 0.25) is 0 Å². The van der Waals surface area contributed by atoms with Crippen molar-refractivity contribution in [3.05, 3.63) is 10.4 Å². The maximum absolute atomic E-state index is 11.6.